The first kappa shape index (κ1) is 9.71. The zero-order valence-corrected chi connectivity index (χ0v) is 4.57. The summed E-state index contributed by atoms with van der Waals surface area (Å²) in [6, 6.07) is 0. The maximum atomic E-state index is 9.53. The molecule has 0 radical (unpaired) electrons. The van der Waals surface area contributed by atoms with Gasteiger partial charge >= 0.3 is 5.97 Å². The van der Waals surface area contributed by atoms with Crippen molar-refractivity contribution in [3.05, 3.63) is 12.7 Å². The van der Waals surface area contributed by atoms with Crippen molar-refractivity contribution in [1.29, 1.82) is 0 Å². The standard InChI is InChI=1S/C4H6O2.ClH/c1-2-3-4(5)6;/h2H,1,3H2,(H,5,6);1H. The molecule has 0 aromatic carbocycles. The fraction of sp³-hybridized carbons (Fsp3) is 0.250. The third-order valence-electron chi connectivity index (χ3n) is 0.319. The summed E-state index contributed by atoms with van der Waals surface area (Å²) in [5, 5.41) is 7.84. The molecule has 0 saturated carbocycles. The van der Waals surface area contributed by atoms with Crippen LogP contribution in [-0.4, -0.2) is 11.1 Å². The van der Waals surface area contributed by atoms with Crippen molar-refractivity contribution in [2.45, 2.75) is 6.42 Å². The Labute approximate surface area is 48.3 Å². The van der Waals surface area contributed by atoms with Gasteiger partial charge in [0.05, 0.1) is 6.42 Å². The van der Waals surface area contributed by atoms with E-state index in [0.29, 0.717) is 0 Å². The molecule has 0 aliphatic carbocycles. The molecule has 3 heteroatoms. The normalized spacial score (nSPS) is 6.29. The Kier molecular flexibility index (Phi) is 7.63. The molecule has 0 bridgehead atoms. The molecule has 0 spiro atoms. The Balaban J connectivity index is 0. The number of hydrogen-bond acceptors (Lipinski definition) is 1. The molecule has 0 atom stereocenters. The monoisotopic (exact) mass is 122 g/mol. The summed E-state index contributed by atoms with van der Waals surface area (Å²) in [6.07, 6.45) is 1.41. The summed E-state index contributed by atoms with van der Waals surface area (Å²) in [4.78, 5) is 9.53. The van der Waals surface area contributed by atoms with E-state index in [0.717, 1.165) is 0 Å². The van der Waals surface area contributed by atoms with Gasteiger partial charge in [-0.1, -0.05) is 6.08 Å². The van der Waals surface area contributed by atoms with Gasteiger partial charge < -0.3 is 5.11 Å². The highest BCUT2D eigenvalue weighted by molar-refractivity contribution is 5.85. The van der Waals surface area contributed by atoms with Gasteiger partial charge in [0.2, 0.25) is 0 Å². The molecule has 0 fully saturated rings. The van der Waals surface area contributed by atoms with Crippen molar-refractivity contribution >= 4 is 18.4 Å². The number of rotatable bonds is 2. The summed E-state index contributed by atoms with van der Waals surface area (Å²) >= 11 is 0. The van der Waals surface area contributed by atoms with E-state index in [9.17, 15) is 4.79 Å². The van der Waals surface area contributed by atoms with E-state index in [-0.39, 0.29) is 18.8 Å². The van der Waals surface area contributed by atoms with Crippen LogP contribution in [0.15, 0.2) is 12.7 Å². The minimum atomic E-state index is -0.829. The fourth-order valence-corrected chi connectivity index (χ4v) is 0.123. The highest BCUT2D eigenvalue weighted by Crippen LogP contribution is 1.74. The predicted molar refractivity (Wildman–Crippen MR) is 29.7 cm³/mol. The molecule has 0 amide bonds. The Bertz CT molecular complexity index is 70.1. The highest BCUT2D eigenvalue weighted by atomic mass is 35.5. The third-order valence-corrected chi connectivity index (χ3v) is 0.319. The Morgan fingerprint density at radius 3 is 2.29 bits per heavy atom. The lowest BCUT2D eigenvalue weighted by Crippen LogP contribution is -1.88. The first-order valence-electron chi connectivity index (χ1n) is 1.60. The van der Waals surface area contributed by atoms with Crippen LogP contribution < -0.4 is 0 Å². The van der Waals surface area contributed by atoms with E-state index >= 15 is 0 Å². The molecule has 0 aliphatic rings. The maximum absolute atomic E-state index is 9.53. The molecule has 0 aliphatic heterocycles. The van der Waals surface area contributed by atoms with Crippen molar-refractivity contribution in [2.24, 2.45) is 0 Å². The number of carboxylic acid groups (broad SMARTS) is 1. The lowest BCUT2D eigenvalue weighted by Gasteiger charge is -1.75. The predicted octanol–water partition coefficient (Wildman–Crippen LogP) is 1.07. The lowest BCUT2D eigenvalue weighted by molar-refractivity contribution is -0.135. The quantitative estimate of drug-likeness (QED) is 0.557. The van der Waals surface area contributed by atoms with Gasteiger partial charge in [0.25, 0.3) is 0 Å². The van der Waals surface area contributed by atoms with Crippen LogP contribution in [0.4, 0.5) is 0 Å². The van der Waals surface area contributed by atoms with Crippen molar-refractivity contribution < 1.29 is 9.90 Å². The average molecular weight is 123 g/mol. The third kappa shape index (κ3) is 10.8. The topological polar surface area (TPSA) is 37.3 Å². The Morgan fingerprint density at radius 1 is 1.86 bits per heavy atom. The molecule has 0 heterocycles. The zero-order chi connectivity index (χ0) is 4.99. The van der Waals surface area contributed by atoms with E-state index in [1.54, 1.807) is 0 Å². The largest absolute Gasteiger partial charge is 0.481 e. The molecular formula is C4H7ClO2. The summed E-state index contributed by atoms with van der Waals surface area (Å²) in [6.45, 7) is 3.22. The average Bonchev–Trinajstić information content (AvgIpc) is 1.35. The van der Waals surface area contributed by atoms with E-state index in [1.165, 1.54) is 6.08 Å². The molecule has 7 heavy (non-hydrogen) atoms. The number of carboxylic acids is 1. The van der Waals surface area contributed by atoms with Crippen LogP contribution in [-0.2, 0) is 4.79 Å². The van der Waals surface area contributed by atoms with Crippen LogP contribution in [0.3, 0.4) is 0 Å². The molecule has 2 nitrogen and oxygen atoms in total. The maximum Gasteiger partial charge on any atom is 0.307 e. The minimum absolute atomic E-state index is 0. The first-order valence-corrected chi connectivity index (χ1v) is 1.60. The van der Waals surface area contributed by atoms with Crippen LogP contribution in [0, 0.1) is 0 Å². The summed E-state index contributed by atoms with van der Waals surface area (Å²) in [5.41, 5.74) is 0. The first-order chi connectivity index (χ1) is 2.77. The molecular weight excluding hydrogens is 115 g/mol. The van der Waals surface area contributed by atoms with E-state index in [4.69, 9.17) is 5.11 Å². The van der Waals surface area contributed by atoms with E-state index in [1.807, 2.05) is 0 Å². The fourth-order valence-electron chi connectivity index (χ4n) is 0.123. The molecule has 0 unspecified atom stereocenters. The number of carbonyl (C=O) groups is 1. The highest BCUT2D eigenvalue weighted by Gasteiger charge is 1.84. The molecule has 0 aromatic rings. The van der Waals surface area contributed by atoms with Crippen LogP contribution in [0.25, 0.3) is 0 Å². The second kappa shape index (κ2) is 5.50. The van der Waals surface area contributed by atoms with Crippen molar-refractivity contribution in [3.8, 4) is 0 Å². The van der Waals surface area contributed by atoms with Crippen molar-refractivity contribution in [1.82, 2.24) is 0 Å². The zero-order valence-electron chi connectivity index (χ0n) is 3.76. The van der Waals surface area contributed by atoms with Gasteiger partial charge in [-0.2, -0.15) is 0 Å². The van der Waals surface area contributed by atoms with E-state index in [2.05, 4.69) is 6.58 Å². The lowest BCUT2D eigenvalue weighted by atomic mass is 10.4. The Morgan fingerprint density at radius 2 is 2.29 bits per heavy atom. The molecule has 1 N–H and O–H groups in total. The van der Waals surface area contributed by atoms with Crippen LogP contribution in [0.2, 0.25) is 0 Å². The Hall–Kier alpha value is -0.500. The van der Waals surface area contributed by atoms with Gasteiger partial charge in [0.15, 0.2) is 0 Å². The molecule has 0 saturated heterocycles. The molecule has 0 rings (SSSR count). The summed E-state index contributed by atoms with van der Waals surface area (Å²) in [5.74, 6) is -0.829. The smallest absolute Gasteiger partial charge is 0.307 e. The van der Waals surface area contributed by atoms with Gasteiger partial charge in [0.1, 0.15) is 0 Å². The van der Waals surface area contributed by atoms with E-state index < -0.39 is 5.97 Å². The number of hydrogen-bond donors (Lipinski definition) is 1. The minimum Gasteiger partial charge on any atom is -0.481 e. The molecule has 42 valence electrons. The van der Waals surface area contributed by atoms with Gasteiger partial charge in [-0.3, -0.25) is 4.79 Å². The summed E-state index contributed by atoms with van der Waals surface area (Å²) in [7, 11) is 0. The van der Waals surface area contributed by atoms with Crippen LogP contribution in [0.1, 0.15) is 6.42 Å². The van der Waals surface area contributed by atoms with Crippen LogP contribution >= 0.6 is 12.4 Å². The number of aliphatic carboxylic acids is 1. The van der Waals surface area contributed by atoms with Crippen molar-refractivity contribution in [3.63, 3.8) is 0 Å². The second-order valence-electron chi connectivity index (χ2n) is 0.887. The SMILES string of the molecule is C=CCC(=O)O.Cl. The van der Waals surface area contributed by atoms with Gasteiger partial charge in [0, 0.05) is 0 Å². The van der Waals surface area contributed by atoms with Crippen LogP contribution in [0.5, 0.6) is 0 Å². The van der Waals surface area contributed by atoms with Gasteiger partial charge in [-0.25, -0.2) is 0 Å². The van der Waals surface area contributed by atoms with Crippen molar-refractivity contribution in [2.75, 3.05) is 0 Å². The molecule has 0 aromatic heterocycles. The van der Waals surface area contributed by atoms with Gasteiger partial charge in [-0.15, -0.1) is 19.0 Å². The number of halogens is 1. The summed E-state index contributed by atoms with van der Waals surface area (Å²) < 4.78 is 0. The second-order valence-corrected chi connectivity index (χ2v) is 0.887. The van der Waals surface area contributed by atoms with Gasteiger partial charge in [-0.05, 0) is 0 Å².